The number of nitrogens with two attached hydrogens (primary N) is 1. The summed E-state index contributed by atoms with van der Waals surface area (Å²) >= 11 is 0. The molecule has 0 aromatic heterocycles. The number of fused-ring (bicyclic) bond motifs is 1. The first kappa shape index (κ1) is 17.2. The van der Waals surface area contributed by atoms with Crippen LogP contribution in [0.3, 0.4) is 0 Å². The van der Waals surface area contributed by atoms with E-state index in [0.29, 0.717) is 32.4 Å². The summed E-state index contributed by atoms with van der Waals surface area (Å²) in [4.78, 5) is 25.6. The van der Waals surface area contributed by atoms with Gasteiger partial charge >= 0.3 is 13.1 Å². The van der Waals surface area contributed by atoms with Crippen LogP contribution < -0.4 is 11.1 Å². The van der Waals surface area contributed by atoms with Gasteiger partial charge in [0.15, 0.2) is 0 Å². The quantitative estimate of drug-likeness (QED) is 0.366. The zero-order chi connectivity index (χ0) is 16.5. The van der Waals surface area contributed by atoms with Gasteiger partial charge in [-0.15, -0.1) is 0 Å². The van der Waals surface area contributed by atoms with Gasteiger partial charge in [0, 0.05) is 12.0 Å². The van der Waals surface area contributed by atoms with Gasteiger partial charge in [0.2, 0.25) is 5.91 Å². The predicted octanol–water partition coefficient (Wildman–Crippen LogP) is -1.77. The normalized spacial score (nSPS) is 31.9. The SMILES string of the molecule is CC(N)C(=O)N1C[C@@]2(CCCB(O)O)CCN[C@@]2(C(=O)O)C1. The van der Waals surface area contributed by atoms with E-state index in [0.717, 1.165) is 0 Å². The third-order valence-corrected chi connectivity index (χ3v) is 5.04. The molecule has 1 unspecified atom stereocenters. The third kappa shape index (κ3) is 2.73. The molecule has 2 aliphatic rings. The van der Waals surface area contributed by atoms with Crippen LogP contribution in [0.15, 0.2) is 0 Å². The van der Waals surface area contributed by atoms with Crippen LogP contribution in [-0.2, 0) is 9.59 Å². The van der Waals surface area contributed by atoms with E-state index >= 15 is 0 Å². The molecule has 3 atom stereocenters. The van der Waals surface area contributed by atoms with Crippen LogP contribution in [0.5, 0.6) is 0 Å². The molecule has 0 aromatic carbocycles. The van der Waals surface area contributed by atoms with Gasteiger partial charge in [-0.25, -0.2) is 0 Å². The minimum Gasteiger partial charge on any atom is -0.480 e. The summed E-state index contributed by atoms with van der Waals surface area (Å²) in [5.41, 5.74) is 3.89. The van der Waals surface area contributed by atoms with E-state index in [-0.39, 0.29) is 18.8 Å². The van der Waals surface area contributed by atoms with Crippen molar-refractivity contribution in [3.05, 3.63) is 0 Å². The number of nitrogens with zero attached hydrogens (tertiary/aromatic N) is 1. The molecule has 9 heteroatoms. The molecule has 2 heterocycles. The monoisotopic (exact) mass is 313 g/mol. The zero-order valence-corrected chi connectivity index (χ0v) is 12.8. The molecule has 2 aliphatic heterocycles. The fraction of sp³-hybridized carbons (Fsp3) is 0.846. The average molecular weight is 313 g/mol. The molecule has 0 bridgehead atoms. The average Bonchev–Trinajstić information content (AvgIpc) is 2.90. The van der Waals surface area contributed by atoms with Crippen LogP contribution in [0.2, 0.25) is 6.32 Å². The van der Waals surface area contributed by atoms with E-state index in [9.17, 15) is 14.7 Å². The molecule has 0 aromatic rings. The van der Waals surface area contributed by atoms with Crippen molar-refractivity contribution in [2.75, 3.05) is 19.6 Å². The van der Waals surface area contributed by atoms with Gasteiger partial charge < -0.3 is 25.8 Å². The summed E-state index contributed by atoms with van der Waals surface area (Å²) in [5, 5.41) is 30.8. The number of likely N-dealkylation sites (tertiary alicyclic amines) is 1. The highest BCUT2D eigenvalue weighted by molar-refractivity contribution is 6.40. The first-order valence-electron chi connectivity index (χ1n) is 7.63. The number of hydrogen-bond donors (Lipinski definition) is 5. The maximum Gasteiger partial charge on any atom is 0.451 e. The van der Waals surface area contributed by atoms with Crippen molar-refractivity contribution in [2.24, 2.45) is 11.1 Å². The summed E-state index contributed by atoms with van der Waals surface area (Å²) in [6.45, 7) is 2.61. The first-order valence-corrected chi connectivity index (χ1v) is 7.63. The number of hydrogen-bond acceptors (Lipinski definition) is 6. The Morgan fingerprint density at radius 3 is 2.64 bits per heavy atom. The highest BCUT2D eigenvalue weighted by atomic mass is 16.4. The first-order chi connectivity index (χ1) is 10.2. The summed E-state index contributed by atoms with van der Waals surface area (Å²) in [7, 11) is -1.40. The van der Waals surface area contributed by atoms with Crippen LogP contribution in [0.1, 0.15) is 26.2 Å². The number of rotatable bonds is 6. The largest absolute Gasteiger partial charge is 0.480 e. The molecule has 2 fully saturated rings. The van der Waals surface area contributed by atoms with Crippen LogP contribution in [-0.4, -0.2) is 70.3 Å². The lowest BCUT2D eigenvalue weighted by Crippen LogP contribution is -2.58. The fourth-order valence-corrected chi connectivity index (χ4v) is 3.92. The Kier molecular flexibility index (Phi) is 4.81. The molecule has 0 aliphatic carbocycles. The van der Waals surface area contributed by atoms with Crippen molar-refractivity contribution < 1.29 is 24.7 Å². The van der Waals surface area contributed by atoms with Crippen LogP contribution in [0.4, 0.5) is 0 Å². The van der Waals surface area contributed by atoms with Gasteiger partial charge in [0.1, 0.15) is 5.54 Å². The van der Waals surface area contributed by atoms with Gasteiger partial charge in [-0.2, -0.15) is 0 Å². The van der Waals surface area contributed by atoms with Crippen LogP contribution >= 0.6 is 0 Å². The number of amides is 1. The number of carbonyl (C=O) groups excluding carboxylic acids is 1. The number of carbonyl (C=O) groups is 2. The Labute approximate surface area is 129 Å². The number of nitrogens with one attached hydrogen (secondary N) is 1. The number of carboxylic acids is 1. The van der Waals surface area contributed by atoms with E-state index in [1.807, 2.05) is 0 Å². The maximum atomic E-state index is 12.2. The Morgan fingerprint density at radius 1 is 1.41 bits per heavy atom. The van der Waals surface area contributed by atoms with Gasteiger partial charge in [-0.05, 0) is 32.6 Å². The van der Waals surface area contributed by atoms with Crippen molar-refractivity contribution in [1.29, 1.82) is 0 Å². The second kappa shape index (κ2) is 6.15. The Morgan fingerprint density at radius 2 is 2.09 bits per heavy atom. The van der Waals surface area contributed by atoms with Crippen molar-refractivity contribution in [3.63, 3.8) is 0 Å². The van der Waals surface area contributed by atoms with Gasteiger partial charge in [0.25, 0.3) is 0 Å². The van der Waals surface area contributed by atoms with Crippen LogP contribution in [0, 0.1) is 5.41 Å². The lowest BCUT2D eigenvalue weighted by molar-refractivity contribution is -0.147. The second-order valence-corrected chi connectivity index (χ2v) is 6.52. The highest BCUT2D eigenvalue weighted by Gasteiger charge is 2.65. The maximum absolute atomic E-state index is 12.2. The lowest BCUT2D eigenvalue weighted by Gasteiger charge is -2.35. The summed E-state index contributed by atoms with van der Waals surface area (Å²) in [6, 6.07) is -0.666. The van der Waals surface area contributed by atoms with Crippen molar-refractivity contribution in [1.82, 2.24) is 10.2 Å². The molecular weight excluding hydrogens is 289 g/mol. The lowest BCUT2D eigenvalue weighted by atomic mass is 9.68. The molecule has 1 amide bonds. The second-order valence-electron chi connectivity index (χ2n) is 6.52. The van der Waals surface area contributed by atoms with Gasteiger partial charge in [-0.3, -0.25) is 14.9 Å². The molecule has 6 N–H and O–H groups in total. The molecular formula is C13H24BN3O5. The predicted molar refractivity (Wildman–Crippen MR) is 79.9 cm³/mol. The van der Waals surface area contributed by atoms with E-state index in [1.165, 1.54) is 4.90 Å². The standard InChI is InChI=1S/C13H24BN3O5/c1-9(15)10(18)17-7-12(3-2-5-14(21)22)4-6-16-13(12,8-17)11(19)20/h9,16,21-22H,2-8,15H2,1H3,(H,19,20)/t9?,12-,13-/m1/s1. The molecule has 0 spiro atoms. The van der Waals surface area contributed by atoms with E-state index in [4.69, 9.17) is 15.8 Å². The molecule has 22 heavy (non-hydrogen) atoms. The topological polar surface area (TPSA) is 136 Å². The Bertz CT molecular complexity index is 461. The zero-order valence-electron chi connectivity index (χ0n) is 12.8. The molecule has 2 saturated heterocycles. The molecule has 124 valence electrons. The van der Waals surface area contributed by atoms with Gasteiger partial charge in [-0.1, -0.05) is 6.42 Å². The minimum atomic E-state index is -1.40. The smallest absolute Gasteiger partial charge is 0.451 e. The summed E-state index contributed by atoms with van der Waals surface area (Å²) < 4.78 is 0. The van der Waals surface area contributed by atoms with E-state index in [2.05, 4.69) is 5.32 Å². The number of carboxylic acid groups (broad SMARTS) is 1. The summed E-state index contributed by atoms with van der Waals surface area (Å²) in [5.74, 6) is -1.21. The van der Waals surface area contributed by atoms with Crippen molar-refractivity contribution in [2.45, 2.75) is 44.1 Å². The third-order valence-electron chi connectivity index (χ3n) is 5.04. The Balaban J connectivity index is 2.22. The van der Waals surface area contributed by atoms with E-state index in [1.54, 1.807) is 6.92 Å². The fourth-order valence-electron chi connectivity index (χ4n) is 3.92. The molecule has 2 rings (SSSR count). The molecule has 0 radical (unpaired) electrons. The van der Waals surface area contributed by atoms with Crippen molar-refractivity contribution >= 4 is 19.0 Å². The van der Waals surface area contributed by atoms with Crippen LogP contribution in [0.25, 0.3) is 0 Å². The Hall–Kier alpha value is -1.16. The molecule has 8 nitrogen and oxygen atoms in total. The number of aliphatic carboxylic acids is 1. The molecule has 0 saturated carbocycles. The summed E-state index contributed by atoms with van der Waals surface area (Å²) in [6.07, 6.45) is 1.85. The van der Waals surface area contributed by atoms with E-state index < -0.39 is 30.1 Å². The van der Waals surface area contributed by atoms with Crippen molar-refractivity contribution in [3.8, 4) is 0 Å². The highest BCUT2D eigenvalue weighted by Crippen LogP contribution is 2.49. The van der Waals surface area contributed by atoms with Gasteiger partial charge in [0.05, 0.1) is 12.6 Å². The minimum absolute atomic E-state index is 0.102.